The molecular weight excluding hydrogens is 187 g/mol. The van der Waals surface area contributed by atoms with Crippen LogP contribution in [-0.4, -0.2) is 22.5 Å². The number of nitrogens with zero attached hydrogens (tertiary/aromatic N) is 2. The van der Waals surface area contributed by atoms with Crippen molar-refractivity contribution in [3.05, 3.63) is 36.0 Å². The molecule has 72 valence electrons. The molecule has 0 fully saturated rings. The molecule has 0 aliphatic heterocycles. The lowest BCUT2D eigenvalue weighted by molar-refractivity contribution is 0.0595. The number of rotatable bonds is 1. The van der Waals surface area contributed by atoms with Gasteiger partial charge in [-0.15, -0.1) is 0 Å². The average Bonchev–Trinajstić information content (AvgIpc) is 2.59. The molecule has 0 saturated carbocycles. The number of carbonyl (C=O) groups is 1. The van der Waals surface area contributed by atoms with Gasteiger partial charge in [0.1, 0.15) is 11.5 Å². The summed E-state index contributed by atoms with van der Waals surface area (Å²) in [7, 11) is 1.27. The van der Waals surface area contributed by atoms with Gasteiger partial charge in [-0.2, -0.15) is 0 Å². The Morgan fingerprint density at radius 3 is 3.14 bits per heavy atom. The summed E-state index contributed by atoms with van der Waals surface area (Å²) in [5.74, 6) is -0.923. The lowest BCUT2D eigenvalue weighted by Gasteiger charge is -1.90. The first-order valence-corrected chi connectivity index (χ1v) is 3.93. The molecule has 0 atom stereocenters. The van der Waals surface area contributed by atoms with Crippen molar-refractivity contribution in [3.63, 3.8) is 0 Å². The number of pyridine rings is 1. The highest BCUT2D eigenvalue weighted by atomic mass is 19.1. The van der Waals surface area contributed by atoms with E-state index in [1.165, 1.54) is 31.6 Å². The van der Waals surface area contributed by atoms with Gasteiger partial charge in [-0.05, 0) is 6.07 Å². The zero-order valence-corrected chi connectivity index (χ0v) is 7.40. The number of ether oxygens (including phenoxy) is 1. The SMILES string of the molecule is COC(=O)c1cn2ccc(F)cc2n1. The second-order valence-electron chi connectivity index (χ2n) is 2.73. The number of carbonyl (C=O) groups excluding carboxylic acids is 1. The van der Waals surface area contributed by atoms with E-state index in [4.69, 9.17) is 0 Å². The first-order valence-electron chi connectivity index (χ1n) is 3.93. The van der Waals surface area contributed by atoms with Gasteiger partial charge in [0.2, 0.25) is 0 Å². The summed E-state index contributed by atoms with van der Waals surface area (Å²) in [6, 6.07) is 2.53. The van der Waals surface area contributed by atoms with Gasteiger partial charge in [0.05, 0.1) is 7.11 Å². The fraction of sp³-hybridized carbons (Fsp3) is 0.111. The van der Waals surface area contributed by atoms with Crippen LogP contribution in [0.15, 0.2) is 24.5 Å². The highest BCUT2D eigenvalue weighted by Crippen LogP contribution is 2.07. The standard InChI is InChI=1S/C9H7FN2O2/c1-14-9(13)7-5-12-3-2-6(10)4-8(12)11-7/h2-5H,1H3. The number of halogens is 1. The van der Waals surface area contributed by atoms with Crippen molar-refractivity contribution < 1.29 is 13.9 Å². The second-order valence-corrected chi connectivity index (χ2v) is 2.73. The van der Waals surface area contributed by atoms with Crippen LogP contribution < -0.4 is 0 Å². The predicted molar refractivity (Wildman–Crippen MR) is 46.5 cm³/mol. The van der Waals surface area contributed by atoms with Crippen LogP contribution in [0, 0.1) is 5.82 Å². The maximum atomic E-state index is 12.8. The molecule has 2 heterocycles. The molecule has 0 aliphatic carbocycles. The Morgan fingerprint density at radius 2 is 2.43 bits per heavy atom. The minimum Gasteiger partial charge on any atom is -0.464 e. The Balaban J connectivity index is 2.56. The predicted octanol–water partition coefficient (Wildman–Crippen LogP) is 1.26. The smallest absolute Gasteiger partial charge is 0.358 e. The van der Waals surface area contributed by atoms with Crippen LogP contribution in [-0.2, 0) is 4.74 Å². The van der Waals surface area contributed by atoms with E-state index in [2.05, 4.69) is 9.72 Å². The minimum atomic E-state index is -0.533. The number of esters is 1. The van der Waals surface area contributed by atoms with Crippen molar-refractivity contribution in [2.75, 3.05) is 7.11 Å². The molecular formula is C9H7FN2O2. The first kappa shape index (κ1) is 8.68. The Bertz CT molecular complexity index is 493. The summed E-state index contributed by atoms with van der Waals surface area (Å²) in [5.41, 5.74) is 0.545. The van der Waals surface area contributed by atoms with Crippen molar-refractivity contribution in [3.8, 4) is 0 Å². The van der Waals surface area contributed by atoms with Crippen molar-refractivity contribution in [1.82, 2.24) is 9.38 Å². The van der Waals surface area contributed by atoms with Crippen LogP contribution in [0.3, 0.4) is 0 Å². The van der Waals surface area contributed by atoms with Gasteiger partial charge in [0.25, 0.3) is 0 Å². The van der Waals surface area contributed by atoms with E-state index in [1.54, 1.807) is 4.40 Å². The topological polar surface area (TPSA) is 43.6 Å². The van der Waals surface area contributed by atoms with Gasteiger partial charge >= 0.3 is 5.97 Å². The van der Waals surface area contributed by atoms with Crippen LogP contribution >= 0.6 is 0 Å². The van der Waals surface area contributed by atoms with Crippen LogP contribution in [0.2, 0.25) is 0 Å². The third-order valence-corrected chi connectivity index (χ3v) is 1.82. The van der Waals surface area contributed by atoms with Crippen molar-refractivity contribution in [1.29, 1.82) is 0 Å². The summed E-state index contributed by atoms with van der Waals surface area (Å²) in [5, 5.41) is 0. The summed E-state index contributed by atoms with van der Waals surface area (Å²) in [6.07, 6.45) is 2.98. The van der Waals surface area contributed by atoms with E-state index >= 15 is 0 Å². The van der Waals surface area contributed by atoms with E-state index in [0.29, 0.717) is 5.65 Å². The number of hydrogen-bond acceptors (Lipinski definition) is 3. The summed E-state index contributed by atoms with van der Waals surface area (Å²) >= 11 is 0. The van der Waals surface area contributed by atoms with Gasteiger partial charge < -0.3 is 9.14 Å². The Kier molecular flexibility index (Phi) is 1.92. The largest absolute Gasteiger partial charge is 0.464 e. The van der Waals surface area contributed by atoms with E-state index in [9.17, 15) is 9.18 Å². The fourth-order valence-corrected chi connectivity index (χ4v) is 1.16. The highest BCUT2D eigenvalue weighted by Gasteiger charge is 2.10. The number of imidazole rings is 1. The summed E-state index contributed by atoms with van der Waals surface area (Å²) < 4.78 is 18.8. The van der Waals surface area contributed by atoms with E-state index in [1.807, 2.05) is 0 Å². The normalized spacial score (nSPS) is 10.4. The second kappa shape index (κ2) is 3.10. The lowest BCUT2D eigenvalue weighted by Crippen LogP contribution is -2.00. The van der Waals surface area contributed by atoms with E-state index in [-0.39, 0.29) is 11.5 Å². The minimum absolute atomic E-state index is 0.165. The van der Waals surface area contributed by atoms with Crippen molar-refractivity contribution >= 4 is 11.6 Å². The molecule has 0 bridgehead atoms. The number of aromatic nitrogens is 2. The number of methoxy groups -OCH3 is 1. The Morgan fingerprint density at radius 1 is 1.64 bits per heavy atom. The van der Waals surface area contributed by atoms with E-state index < -0.39 is 5.97 Å². The molecule has 2 aromatic heterocycles. The molecule has 0 spiro atoms. The molecule has 0 aliphatic rings. The van der Waals surface area contributed by atoms with E-state index in [0.717, 1.165) is 0 Å². The zero-order valence-electron chi connectivity index (χ0n) is 7.40. The van der Waals surface area contributed by atoms with Crippen LogP contribution in [0.4, 0.5) is 4.39 Å². The molecule has 0 N–H and O–H groups in total. The molecule has 0 unspecified atom stereocenters. The lowest BCUT2D eigenvalue weighted by atomic mass is 10.4. The monoisotopic (exact) mass is 194 g/mol. The third-order valence-electron chi connectivity index (χ3n) is 1.82. The maximum absolute atomic E-state index is 12.8. The quantitative estimate of drug-likeness (QED) is 0.642. The molecule has 14 heavy (non-hydrogen) atoms. The van der Waals surface area contributed by atoms with Crippen LogP contribution in [0.1, 0.15) is 10.5 Å². The van der Waals surface area contributed by atoms with Gasteiger partial charge in [-0.3, -0.25) is 0 Å². The Hall–Kier alpha value is -1.91. The first-order chi connectivity index (χ1) is 6.70. The average molecular weight is 194 g/mol. The fourth-order valence-electron chi connectivity index (χ4n) is 1.16. The maximum Gasteiger partial charge on any atom is 0.358 e. The van der Waals surface area contributed by atoms with Gasteiger partial charge in [-0.25, -0.2) is 14.2 Å². The molecule has 0 amide bonds. The number of fused-ring (bicyclic) bond motifs is 1. The highest BCUT2D eigenvalue weighted by molar-refractivity contribution is 5.87. The Labute approximate surface area is 78.9 Å². The molecule has 5 heteroatoms. The third kappa shape index (κ3) is 1.32. The van der Waals surface area contributed by atoms with Crippen molar-refractivity contribution in [2.24, 2.45) is 0 Å². The molecule has 0 radical (unpaired) electrons. The summed E-state index contributed by atoms with van der Waals surface area (Å²) in [6.45, 7) is 0. The molecule has 0 aromatic carbocycles. The molecule has 2 aromatic rings. The summed E-state index contributed by atoms with van der Waals surface area (Å²) in [4.78, 5) is 15.0. The van der Waals surface area contributed by atoms with Gasteiger partial charge in [0.15, 0.2) is 5.69 Å². The molecule has 2 rings (SSSR count). The van der Waals surface area contributed by atoms with Crippen LogP contribution in [0.25, 0.3) is 5.65 Å². The zero-order chi connectivity index (χ0) is 10.1. The molecule has 4 nitrogen and oxygen atoms in total. The van der Waals surface area contributed by atoms with Gasteiger partial charge in [-0.1, -0.05) is 0 Å². The van der Waals surface area contributed by atoms with Crippen molar-refractivity contribution in [2.45, 2.75) is 0 Å². The van der Waals surface area contributed by atoms with Crippen LogP contribution in [0.5, 0.6) is 0 Å². The number of hydrogen-bond donors (Lipinski definition) is 0. The van der Waals surface area contributed by atoms with Gasteiger partial charge in [0, 0.05) is 18.5 Å². The molecule has 0 saturated heterocycles.